The summed E-state index contributed by atoms with van der Waals surface area (Å²) in [6.45, 7) is 0.393. The average Bonchev–Trinajstić information content (AvgIpc) is 3.15. The SMILES string of the molecule is O=C(c1coc(COc2cccc(C(F)(F)F)c2)n1)N1CCCC[C@@H]1CCO. The van der Waals surface area contributed by atoms with Crippen molar-refractivity contribution in [2.75, 3.05) is 13.2 Å². The van der Waals surface area contributed by atoms with Crippen molar-refractivity contribution in [2.45, 2.75) is 44.5 Å². The van der Waals surface area contributed by atoms with E-state index in [1.807, 2.05) is 0 Å². The number of aliphatic hydroxyl groups excluding tert-OH is 1. The maximum atomic E-state index is 12.7. The molecule has 28 heavy (non-hydrogen) atoms. The number of likely N-dealkylation sites (tertiary alicyclic amines) is 1. The van der Waals surface area contributed by atoms with Gasteiger partial charge < -0.3 is 19.2 Å². The predicted molar refractivity (Wildman–Crippen MR) is 92.7 cm³/mol. The van der Waals surface area contributed by atoms with Crippen LogP contribution in [0, 0.1) is 0 Å². The van der Waals surface area contributed by atoms with Gasteiger partial charge in [-0.25, -0.2) is 4.98 Å². The van der Waals surface area contributed by atoms with Gasteiger partial charge in [-0.05, 0) is 43.9 Å². The van der Waals surface area contributed by atoms with Gasteiger partial charge in [0, 0.05) is 19.2 Å². The number of oxazole rings is 1. The lowest BCUT2D eigenvalue weighted by Gasteiger charge is -2.35. The fraction of sp³-hybridized carbons (Fsp3) is 0.474. The number of alkyl halides is 3. The zero-order chi connectivity index (χ0) is 20.1. The summed E-state index contributed by atoms with van der Waals surface area (Å²) in [6, 6.07) is 4.46. The van der Waals surface area contributed by atoms with E-state index in [1.165, 1.54) is 18.4 Å². The Kier molecular flexibility index (Phi) is 6.23. The number of rotatable bonds is 6. The maximum Gasteiger partial charge on any atom is 0.416 e. The van der Waals surface area contributed by atoms with Crippen LogP contribution in [0.4, 0.5) is 13.2 Å². The van der Waals surface area contributed by atoms with Gasteiger partial charge in [-0.15, -0.1) is 0 Å². The number of aliphatic hydroxyl groups is 1. The third-order valence-electron chi connectivity index (χ3n) is 4.64. The summed E-state index contributed by atoms with van der Waals surface area (Å²) in [7, 11) is 0. The number of hydrogen-bond acceptors (Lipinski definition) is 5. The zero-order valence-electron chi connectivity index (χ0n) is 15.1. The summed E-state index contributed by atoms with van der Waals surface area (Å²) in [4.78, 5) is 18.5. The van der Waals surface area contributed by atoms with E-state index in [0.29, 0.717) is 13.0 Å². The largest absolute Gasteiger partial charge is 0.484 e. The Morgan fingerprint density at radius 2 is 2.18 bits per heavy atom. The summed E-state index contributed by atoms with van der Waals surface area (Å²) in [5.41, 5.74) is -0.694. The van der Waals surface area contributed by atoms with E-state index < -0.39 is 11.7 Å². The van der Waals surface area contributed by atoms with Crippen LogP contribution >= 0.6 is 0 Å². The molecule has 6 nitrogen and oxygen atoms in total. The zero-order valence-corrected chi connectivity index (χ0v) is 15.1. The minimum atomic E-state index is -4.46. The number of piperidine rings is 1. The Morgan fingerprint density at radius 1 is 1.36 bits per heavy atom. The van der Waals surface area contributed by atoms with Gasteiger partial charge in [0.25, 0.3) is 5.91 Å². The number of nitrogens with zero attached hydrogens (tertiary/aromatic N) is 2. The molecule has 1 saturated heterocycles. The first-order valence-electron chi connectivity index (χ1n) is 9.05. The summed E-state index contributed by atoms with van der Waals surface area (Å²) < 4.78 is 48.8. The van der Waals surface area contributed by atoms with Gasteiger partial charge in [0.05, 0.1) is 5.56 Å². The fourth-order valence-electron chi connectivity index (χ4n) is 3.25. The first kappa shape index (κ1) is 20.2. The molecule has 0 saturated carbocycles. The van der Waals surface area contributed by atoms with Crippen molar-refractivity contribution in [1.29, 1.82) is 0 Å². The molecule has 1 aliphatic rings. The van der Waals surface area contributed by atoms with Crippen LogP contribution in [0.1, 0.15) is 47.6 Å². The first-order chi connectivity index (χ1) is 13.4. The number of carbonyl (C=O) groups is 1. The second kappa shape index (κ2) is 8.64. The molecule has 0 spiro atoms. The van der Waals surface area contributed by atoms with Gasteiger partial charge in [0.1, 0.15) is 12.0 Å². The quantitative estimate of drug-likeness (QED) is 0.804. The van der Waals surface area contributed by atoms with Crippen LogP contribution in [0.25, 0.3) is 0 Å². The third kappa shape index (κ3) is 4.83. The number of ether oxygens (including phenoxy) is 1. The molecule has 3 rings (SSSR count). The molecule has 1 aromatic heterocycles. The topological polar surface area (TPSA) is 75.8 Å². The molecule has 2 heterocycles. The predicted octanol–water partition coefficient (Wildman–Crippen LogP) is 3.65. The lowest BCUT2D eigenvalue weighted by molar-refractivity contribution is -0.137. The Bertz CT molecular complexity index is 804. The molecule has 1 N–H and O–H groups in total. The van der Waals surface area contributed by atoms with Crippen molar-refractivity contribution in [3.63, 3.8) is 0 Å². The Balaban J connectivity index is 1.63. The minimum absolute atomic E-state index is 0.00332. The number of benzene rings is 1. The molecule has 1 amide bonds. The minimum Gasteiger partial charge on any atom is -0.484 e. The summed E-state index contributed by atoms with van der Waals surface area (Å²) >= 11 is 0. The van der Waals surface area contributed by atoms with E-state index in [4.69, 9.17) is 9.15 Å². The Labute approximate surface area is 159 Å². The van der Waals surface area contributed by atoms with E-state index in [0.717, 1.165) is 31.4 Å². The van der Waals surface area contributed by atoms with Crippen LogP contribution in [0.3, 0.4) is 0 Å². The first-order valence-corrected chi connectivity index (χ1v) is 9.05. The highest BCUT2D eigenvalue weighted by Crippen LogP contribution is 2.31. The molecule has 1 fully saturated rings. The summed E-state index contributed by atoms with van der Waals surface area (Å²) in [6.07, 6.45) is -0.00956. The van der Waals surface area contributed by atoms with Gasteiger partial charge in [0.2, 0.25) is 5.89 Å². The molecule has 0 aliphatic carbocycles. The van der Waals surface area contributed by atoms with Gasteiger partial charge >= 0.3 is 6.18 Å². The number of amides is 1. The van der Waals surface area contributed by atoms with E-state index in [2.05, 4.69) is 4.98 Å². The van der Waals surface area contributed by atoms with Crippen molar-refractivity contribution in [3.05, 3.63) is 47.7 Å². The fourth-order valence-corrected chi connectivity index (χ4v) is 3.25. The van der Waals surface area contributed by atoms with E-state index >= 15 is 0 Å². The molecule has 1 atom stereocenters. The molecule has 0 bridgehead atoms. The van der Waals surface area contributed by atoms with Gasteiger partial charge in [-0.2, -0.15) is 13.2 Å². The molecule has 0 radical (unpaired) electrons. The van der Waals surface area contributed by atoms with Crippen molar-refractivity contribution < 1.29 is 32.2 Å². The molecular formula is C19H21F3N2O4. The lowest BCUT2D eigenvalue weighted by Crippen LogP contribution is -2.44. The molecule has 9 heteroatoms. The number of aromatic nitrogens is 1. The van der Waals surface area contributed by atoms with Gasteiger partial charge in [0.15, 0.2) is 12.3 Å². The Morgan fingerprint density at radius 3 is 2.93 bits per heavy atom. The van der Waals surface area contributed by atoms with Crippen LogP contribution in [0.15, 0.2) is 34.9 Å². The summed E-state index contributed by atoms with van der Waals surface area (Å²) in [5, 5.41) is 9.18. The van der Waals surface area contributed by atoms with Gasteiger partial charge in [-0.1, -0.05) is 6.07 Å². The lowest BCUT2D eigenvalue weighted by atomic mass is 9.99. The van der Waals surface area contributed by atoms with Crippen molar-refractivity contribution in [2.24, 2.45) is 0 Å². The third-order valence-corrected chi connectivity index (χ3v) is 4.64. The molecule has 1 aliphatic heterocycles. The van der Waals surface area contributed by atoms with Crippen molar-refractivity contribution in [3.8, 4) is 5.75 Å². The molecule has 0 unspecified atom stereocenters. The van der Waals surface area contributed by atoms with E-state index in [-0.39, 0.29) is 42.5 Å². The van der Waals surface area contributed by atoms with Crippen molar-refractivity contribution in [1.82, 2.24) is 9.88 Å². The van der Waals surface area contributed by atoms with Crippen LogP contribution in [-0.4, -0.2) is 40.1 Å². The highest BCUT2D eigenvalue weighted by Gasteiger charge is 2.31. The number of carbonyl (C=O) groups excluding carboxylic acids is 1. The van der Waals surface area contributed by atoms with Crippen molar-refractivity contribution >= 4 is 5.91 Å². The molecule has 2 aromatic rings. The Hall–Kier alpha value is -2.55. The summed E-state index contributed by atoms with van der Waals surface area (Å²) in [5.74, 6) is -0.163. The number of halogens is 3. The maximum absolute atomic E-state index is 12.7. The second-order valence-corrected chi connectivity index (χ2v) is 6.60. The van der Waals surface area contributed by atoms with E-state index in [1.54, 1.807) is 4.90 Å². The average molecular weight is 398 g/mol. The van der Waals surface area contributed by atoms with Crippen LogP contribution in [-0.2, 0) is 12.8 Å². The van der Waals surface area contributed by atoms with Crippen LogP contribution in [0.5, 0.6) is 5.75 Å². The standard InChI is InChI=1S/C19H21F3N2O4/c20-19(21,22)13-4-3-6-15(10-13)27-12-17-23-16(11-28-17)18(26)24-8-2-1-5-14(24)7-9-25/h3-4,6,10-11,14,25H,1-2,5,7-9,12H2/t14-/m1/s1. The van der Waals surface area contributed by atoms with E-state index in [9.17, 15) is 23.1 Å². The normalized spacial score (nSPS) is 17.6. The molecular weight excluding hydrogens is 377 g/mol. The number of hydrogen-bond donors (Lipinski definition) is 1. The smallest absolute Gasteiger partial charge is 0.416 e. The molecule has 152 valence electrons. The van der Waals surface area contributed by atoms with Crippen LogP contribution in [0.2, 0.25) is 0 Å². The van der Waals surface area contributed by atoms with Crippen LogP contribution < -0.4 is 4.74 Å². The monoisotopic (exact) mass is 398 g/mol. The molecule has 1 aromatic carbocycles. The second-order valence-electron chi connectivity index (χ2n) is 6.60. The highest BCUT2D eigenvalue weighted by atomic mass is 19.4. The highest BCUT2D eigenvalue weighted by molar-refractivity contribution is 5.92. The van der Waals surface area contributed by atoms with Gasteiger partial charge in [-0.3, -0.25) is 4.79 Å².